The lowest BCUT2D eigenvalue weighted by atomic mass is 10.1. The monoisotopic (exact) mass is 734 g/mol. The van der Waals surface area contributed by atoms with E-state index in [-0.39, 0.29) is 50.8 Å². The molecule has 48 heavy (non-hydrogen) atoms. The Morgan fingerprint density at radius 2 is 0.667 bits per heavy atom. The average molecular weight is 735 g/mol. The van der Waals surface area contributed by atoms with Crippen LogP contribution in [0.15, 0.2) is 0 Å². The third kappa shape index (κ3) is 38.4. The molecule has 0 fully saturated rings. The first-order chi connectivity index (χ1) is 23.1. The van der Waals surface area contributed by atoms with Crippen molar-refractivity contribution in [3.63, 3.8) is 0 Å². The normalized spacial score (nSPS) is 13.7. The van der Waals surface area contributed by atoms with E-state index in [1.54, 1.807) is 0 Å². The Hall–Kier alpha value is -0.420. The van der Waals surface area contributed by atoms with E-state index in [2.05, 4.69) is 13.8 Å². The summed E-state index contributed by atoms with van der Waals surface area (Å²) in [5.41, 5.74) is 0. The highest BCUT2D eigenvalue weighted by atomic mass is 32.2. The van der Waals surface area contributed by atoms with Crippen LogP contribution in [0, 0.1) is 0 Å². The summed E-state index contributed by atoms with van der Waals surface area (Å²) in [6, 6.07) is 0. The van der Waals surface area contributed by atoms with Gasteiger partial charge in [-0.15, -0.1) is 0 Å². The molecule has 0 heterocycles. The van der Waals surface area contributed by atoms with Gasteiger partial charge in [-0.3, -0.25) is 9.11 Å². The van der Waals surface area contributed by atoms with Crippen LogP contribution in [-0.4, -0.2) is 103 Å². The molecule has 0 spiro atoms. The molecule has 12 nitrogen and oxygen atoms in total. The van der Waals surface area contributed by atoms with E-state index in [0.717, 1.165) is 38.5 Å². The number of unbranched alkanes of at least 4 members (excludes halogenated alkanes) is 15. The quantitative estimate of drug-likeness (QED) is 0.0367. The van der Waals surface area contributed by atoms with Crippen molar-refractivity contribution in [2.45, 2.75) is 155 Å². The molecule has 0 aromatic carbocycles. The van der Waals surface area contributed by atoms with Crippen LogP contribution < -0.4 is 0 Å². The summed E-state index contributed by atoms with van der Waals surface area (Å²) in [7, 11) is -8.06. The van der Waals surface area contributed by atoms with Crippen LogP contribution in [0.5, 0.6) is 0 Å². The summed E-state index contributed by atoms with van der Waals surface area (Å²) in [5.74, 6) is -0.724. The zero-order valence-corrected chi connectivity index (χ0v) is 31.8. The summed E-state index contributed by atoms with van der Waals surface area (Å²) in [4.78, 5) is 0. The summed E-state index contributed by atoms with van der Waals surface area (Å²) in [6.07, 6.45) is 19.6. The minimum absolute atomic E-state index is 0.138. The molecule has 0 bridgehead atoms. The minimum atomic E-state index is -4.03. The first-order valence-corrected chi connectivity index (χ1v) is 21.8. The molecule has 0 saturated heterocycles. The van der Waals surface area contributed by atoms with Crippen molar-refractivity contribution in [1.82, 2.24) is 0 Å². The molecule has 0 saturated carbocycles. The Kier molecular flexibility index (Phi) is 33.4. The van der Waals surface area contributed by atoms with Gasteiger partial charge in [0, 0.05) is 26.4 Å². The van der Waals surface area contributed by atoms with Crippen LogP contribution in [0.25, 0.3) is 0 Å². The Morgan fingerprint density at radius 1 is 0.396 bits per heavy atom. The van der Waals surface area contributed by atoms with Gasteiger partial charge in [-0.1, -0.05) is 104 Å². The van der Waals surface area contributed by atoms with Crippen molar-refractivity contribution in [2.24, 2.45) is 0 Å². The van der Waals surface area contributed by atoms with Gasteiger partial charge >= 0.3 is 0 Å². The largest absolute Gasteiger partial charge is 0.376 e. The Balaban J connectivity index is 4.30. The third-order valence-corrected chi connectivity index (χ3v) is 9.25. The fraction of sp³-hybridized carbons (Fsp3) is 1.00. The molecule has 0 radical (unpaired) electrons. The highest BCUT2D eigenvalue weighted by Gasteiger charge is 2.13. The van der Waals surface area contributed by atoms with Crippen LogP contribution in [0.1, 0.15) is 142 Å². The van der Waals surface area contributed by atoms with E-state index in [1.165, 1.54) is 77.0 Å². The third-order valence-electron chi connectivity index (χ3n) is 7.64. The number of ether oxygens (including phenoxy) is 6. The second-order valence-electron chi connectivity index (χ2n) is 12.4. The van der Waals surface area contributed by atoms with E-state index < -0.39 is 32.8 Å². The van der Waals surface area contributed by atoms with Crippen molar-refractivity contribution in [1.29, 1.82) is 0 Å². The molecule has 0 aliphatic heterocycles. The van der Waals surface area contributed by atoms with Gasteiger partial charge in [0.1, 0.15) is 0 Å². The smallest absolute Gasteiger partial charge is 0.264 e. The lowest BCUT2D eigenvalue weighted by Crippen LogP contribution is -2.26. The highest BCUT2D eigenvalue weighted by Crippen LogP contribution is 2.11. The Morgan fingerprint density at radius 3 is 0.979 bits per heavy atom. The number of hydrogen-bond acceptors (Lipinski definition) is 10. The van der Waals surface area contributed by atoms with Crippen molar-refractivity contribution in [3.05, 3.63) is 0 Å². The SMILES string of the molecule is CCCCCCCCCCOC(COCCCCOCC(OCCCCCCCCCC)OCCCS(=O)(=O)O)OCCCS(=O)(=O)O. The Labute approximate surface area is 293 Å². The first-order valence-electron chi connectivity index (χ1n) is 18.6. The molecular formula is C34H70O12S2. The van der Waals surface area contributed by atoms with Crippen LogP contribution in [0.3, 0.4) is 0 Å². The molecular weight excluding hydrogens is 664 g/mol. The molecule has 0 rings (SSSR count). The number of rotatable bonds is 39. The van der Waals surface area contributed by atoms with Crippen molar-refractivity contribution in [3.8, 4) is 0 Å². The van der Waals surface area contributed by atoms with Gasteiger partial charge in [0.2, 0.25) is 0 Å². The van der Waals surface area contributed by atoms with Crippen molar-refractivity contribution < 1.29 is 54.4 Å². The second kappa shape index (κ2) is 33.7. The fourth-order valence-corrected chi connectivity index (χ4v) is 5.84. The first kappa shape index (κ1) is 47.6. The van der Waals surface area contributed by atoms with Crippen molar-refractivity contribution >= 4 is 20.2 Å². The zero-order valence-electron chi connectivity index (χ0n) is 30.2. The maximum absolute atomic E-state index is 11.0. The standard InChI is InChI=1S/C34H70O12S2/c1-3-5-7-9-11-13-15-17-25-43-33(45-27-21-29-47(35,36)37)31-41-23-19-20-24-42-32-34(46-28-22-30-48(38,39)40)44-26-18-16-14-12-10-8-6-4-2/h33-34H,3-32H2,1-2H3,(H,35,36,37)(H,38,39,40). The molecule has 14 heteroatoms. The van der Waals surface area contributed by atoms with Crippen LogP contribution in [0.4, 0.5) is 0 Å². The zero-order chi connectivity index (χ0) is 35.6. The fourth-order valence-electron chi connectivity index (χ4n) is 4.87. The lowest BCUT2D eigenvalue weighted by Gasteiger charge is -2.19. The van der Waals surface area contributed by atoms with Gasteiger partial charge in [-0.2, -0.15) is 16.8 Å². The molecule has 290 valence electrons. The Bertz CT molecular complexity index is 815. The topological polar surface area (TPSA) is 164 Å². The molecule has 0 aliphatic carbocycles. The lowest BCUT2D eigenvalue weighted by molar-refractivity contribution is -0.175. The van der Waals surface area contributed by atoms with E-state index >= 15 is 0 Å². The molecule has 2 atom stereocenters. The highest BCUT2D eigenvalue weighted by molar-refractivity contribution is 7.86. The summed E-state index contributed by atoms with van der Waals surface area (Å²) in [6.45, 7) is 7.15. The second-order valence-corrected chi connectivity index (χ2v) is 15.6. The molecule has 0 amide bonds. The van der Waals surface area contributed by atoms with E-state index in [4.69, 9.17) is 37.5 Å². The molecule has 2 unspecified atom stereocenters. The summed E-state index contributed by atoms with van der Waals surface area (Å²) in [5, 5.41) is 0. The predicted octanol–water partition coefficient (Wildman–Crippen LogP) is 7.36. The summed E-state index contributed by atoms with van der Waals surface area (Å²) < 4.78 is 96.5. The molecule has 0 aliphatic rings. The van der Waals surface area contributed by atoms with Gasteiger partial charge in [0.05, 0.1) is 37.9 Å². The molecule has 0 aromatic rings. The van der Waals surface area contributed by atoms with Crippen LogP contribution >= 0.6 is 0 Å². The maximum atomic E-state index is 11.0. The van der Waals surface area contributed by atoms with Gasteiger partial charge < -0.3 is 28.4 Å². The van der Waals surface area contributed by atoms with Gasteiger partial charge in [-0.25, -0.2) is 0 Å². The van der Waals surface area contributed by atoms with Gasteiger partial charge in [0.25, 0.3) is 20.2 Å². The minimum Gasteiger partial charge on any atom is -0.376 e. The number of hydrogen-bond donors (Lipinski definition) is 2. The maximum Gasteiger partial charge on any atom is 0.264 e. The predicted molar refractivity (Wildman–Crippen MR) is 190 cm³/mol. The molecule has 2 N–H and O–H groups in total. The van der Waals surface area contributed by atoms with E-state index in [0.29, 0.717) is 26.4 Å². The van der Waals surface area contributed by atoms with E-state index in [9.17, 15) is 16.8 Å². The summed E-state index contributed by atoms with van der Waals surface area (Å²) >= 11 is 0. The van der Waals surface area contributed by atoms with Gasteiger partial charge in [-0.05, 0) is 38.5 Å². The van der Waals surface area contributed by atoms with Crippen LogP contribution in [-0.2, 0) is 48.7 Å². The van der Waals surface area contributed by atoms with Crippen LogP contribution in [0.2, 0.25) is 0 Å². The molecule has 0 aromatic heterocycles. The van der Waals surface area contributed by atoms with Gasteiger partial charge in [0.15, 0.2) is 12.6 Å². The average Bonchev–Trinajstić information content (AvgIpc) is 3.02. The van der Waals surface area contributed by atoms with E-state index in [1.807, 2.05) is 0 Å². The van der Waals surface area contributed by atoms with Crippen molar-refractivity contribution in [2.75, 3.05) is 64.4 Å².